The highest BCUT2D eigenvalue weighted by Gasteiger charge is 2.28. The Morgan fingerprint density at radius 3 is 2.54 bits per heavy atom. The molecule has 2 rings (SSSR count). The van der Waals surface area contributed by atoms with Crippen molar-refractivity contribution in [1.82, 2.24) is 15.5 Å². The zero-order valence-corrected chi connectivity index (χ0v) is 15.4. The van der Waals surface area contributed by atoms with E-state index in [0.29, 0.717) is 38.2 Å². The molecular formula is C17H28ClN3O3. The number of carbonyl (C=O) groups excluding carboxylic acids is 2. The van der Waals surface area contributed by atoms with Crippen LogP contribution in [-0.2, 0) is 11.2 Å². The van der Waals surface area contributed by atoms with Gasteiger partial charge < -0.3 is 20.0 Å². The molecule has 136 valence electrons. The molecule has 1 saturated heterocycles. The van der Waals surface area contributed by atoms with Crippen LogP contribution in [-0.4, -0.2) is 49.4 Å². The molecule has 1 aliphatic rings. The molecule has 2 heterocycles. The number of carbonyl (C=O) groups is 2. The van der Waals surface area contributed by atoms with Gasteiger partial charge in [0.1, 0.15) is 5.76 Å². The molecule has 1 unspecified atom stereocenters. The van der Waals surface area contributed by atoms with Gasteiger partial charge in [0.05, 0.1) is 0 Å². The van der Waals surface area contributed by atoms with Crippen molar-refractivity contribution in [2.75, 3.05) is 26.7 Å². The molecule has 0 radical (unpaired) electrons. The summed E-state index contributed by atoms with van der Waals surface area (Å²) in [6.07, 6.45) is 2.18. The number of piperidine rings is 1. The van der Waals surface area contributed by atoms with Crippen LogP contribution in [0.2, 0.25) is 0 Å². The molecule has 6 nitrogen and oxygen atoms in total. The first-order valence-corrected chi connectivity index (χ1v) is 8.38. The Morgan fingerprint density at radius 1 is 1.33 bits per heavy atom. The standard InChI is InChI=1S/C17H27N3O3.ClH/c1-4-14-5-6-15(23-14)17(22)20-9-7-13(8-10-20)16(21)19-11-12(2)18-3;/h5-6,12-13,18H,4,7-11H2,1-3H3,(H,19,21);1H. The molecule has 0 spiro atoms. The first-order valence-electron chi connectivity index (χ1n) is 8.38. The van der Waals surface area contributed by atoms with Crippen LogP contribution in [0.25, 0.3) is 0 Å². The van der Waals surface area contributed by atoms with Gasteiger partial charge in [-0.1, -0.05) is 6.92 Å². The summed E-state index contributed by atoms with van der Waals surface area (Å²) in [5, 5.41) is 6.06. The third-order valence-corrected chi connectivity index (χ3v) is 4.45. The third-order valence-electron chi connectivity index (χ3n) is 4.45. The average Bonchev–Trinajstić information content (AvgIpc) is 3.08. The van der Waals surface area contributed by atoms with E-state index in [0.717, 1.165) is 12.2 Å². The van der Waals surface area contributed by atoms with Crippen molar-refractivity contribution in [3.05, 3.63) is 23.7 Å². The highest BCUT2D eigenvalue weighted by atomic mass is 35.5. The monoisotopic (exact) mass is 357 g/mol. The van der Waals surface area contributed by atoms with Crippen LogP contribution >= 0.6 is 12.4 Å². The van der Waals surface area contributed by atoms with Crippen molar-refractivity contribution in [2.45, 2.75) is 39.2 Å². The number of aryl methyl sites for hydroxylation is 1. The SMILES string of the molecule is CCc1ccc(C(=O)N2CCC(C(=O)NCC(C)NC)CC2)o1.Cl. The molecule has 0 saturated carbocycles. The molecule has 1 aromatic heterocycles. The van der Waals surface area contributed by atoms with E-state index in [1.807, 2.05) is 27.0 Å². The van der Waals surface area contributed by atoms with Crippen molar-refractivity contribution in [1.29, 1.82) is 0 Å². The minimum atomic E-state index is -0.0765. The van der Waals surface area contributed by atoms with Gasteiger partial charge in [0.2, 0.25) is 5.91 Å². The molecule has 1 fully saturated rings. The van der Waals surface area contributed by atoms with Crippen LogP contribution in [0.15, 0.2) is 16.5 Å². The average molecular weight is 358 g/mol. The quantitative estimate of drug-likeness (QED) is 0.814. The predicted octanol–water partition coefficient (Wildman–Crippen LogP) is 1.84. The van der Waals surface area contributed by atoms with Crippen LogP contribution in [0.4, 0.5) is 0 Å². The summed E-state index contributed by atoms with van der Waals surface area (Å²) >= 11 is 0. The minimum Gasteiger partial charge on any atom is -0.456 e. The van der Waals surface area contributed by atoms with Crippen LogP contribution in [0.5, 0.6) is 0 Å². The normalized spacial score (nSPS) is 16.4. The number of furan rings is 1. The van der Waals surface area contributed by atoms with Crippen molar-refractivity contribution in [2.24, 2.45) is 5.92 Å². The zero-order chi connectivity index (χ0) is 16.8. The Morgan fingerprint density at radius 2 is 2.00 bits per heavy atom. The van der Waals surface area contributed by atoms with Crippen molar-refractivity contribution >= 4 is 24.2 Å². The molecule has 24 heavy (non-hydrogen) atoms. The molecule has 0 aliphatic carbocycles. The number of hydrogen-bond donors (Lipinski definition) is 2. The van der Waals surface area contributed by atoms with Gasteiger partial charge in [-0.3, -0.25) is 9.59 Å². The number of rotatable bonds is 6. The lowest BCUT2D eigenvalue weighted by Gasteiger charge is -2.31. The van der Waals surface area contributed by atoms with Crippen LogP contribution < -0.4 is 10.6 Å². The van der Waals surface area contributed by atoms with Gasteiger partial charge in [-0.25, -0.2) is 0 Å². The van der Waals surface area contributed by atoms with E-state index >= 15 is 0 Å². The van der Waals surface area contributed by atoms with Crippen LogP contribution in [0.3, 0.4) is 0 Å². The van der Waals surface area contributed by atoms with E-state index < -0.39 is 0 Å². The Balaban J connectivity index is 0.00000288. The molecule has 1 aliphatic heterocycles. The van der Waals surface area contributed by atoms with Crippen molar-refractivity contribution < 1.29 is 14.0 Å². The van der Waals surface area contributed by atoms with Crippen LogP contribution in [0.1, 0.15) is 43.0 Å². The lowest BCUT2D eigenvalue weighted by atomic mass is 9.95. The molecule has 7 heteroatoms. The summed E-state index contributed by atoms with van der Waals surface area (Å²) in [5.41, 5.74) is 0. The maximum absolute atomic E-state index is 12.4. The van der Waals surface area contributed by atoms with Gasteiger partial charge in [0.15, 0.2) is 5.76 Å². The van der Waals surface area contributed by atoms with Gasteiger partial charge in [0.25, 0.3) is 5.91 Å². The highest BCUT2D eigenvalue weighted by molar-refractivity contribution is 5.91. The lowest BCUT2D eigenvalue weighted by molar-refractivity contribution is -0.126. The number of likely N-dealkylation sites (tertiary alicyclic amines) is 1. The number of amides is 2. The van der Waals surface area contributed by atoms with Gasteiger partial charge >= 0.3 is 0 Å². The Hall–Kier alpha value is -1.53. The largest absolute Gasteiger partial charge is 0.456 e. The number of likely N-dealkylation sites (N-methyl/N-ethyl adjacent to an activating group) is 1. The fraction of sp³-hybridized carbons (Fsp3) is 0.647. The maximum atomic E-state index is 12.4. The van der Waals surface area contributed by atoms with E-state index in [2.05, 4.69) is 10.6 Å². The first-order chi connectivity index (χ1) is 11.0. The third kappa shape index (κ3) is 5.24. The fourth-order valence-electron chi connectivity index (χ4n) is 2.68. The Kier molecular flexibility index (Phi) is 8.28. The molecule has 2 N–H and O–H groups in total. The highest BCUT2D eigenvalue weighted by Crippen LogP contribution is 2.20. The molecular weight excluding hydrogens is 330 g/mol. The van der Waals surface area contributed by atoms with Gasteiger partial charge in [0, 0.05) is 38.0 Å². The van der Waals surface area contributed by atoms with E-state index in [4.69, 9.17) is 4.42 Å². The van der Waals surface area contributed by atoms with E-state index in [1.165, 1.54) is 0 Å². The fourth-order valence-corrected chi connectivity index (χ4v) is 2.68. The molecule has 1 atom stereocenters. The number of nitrogens with one attached hydrogen (secondary N) is 2. The van der Waals surface area contributed by atoms with E-state index in [-0.39, 0.29) is 36.2 Å². The van der Waals surface area contributed by atoms with Crippen LogP contribution in [0, 0.1) is 5.92 Å². The molecule has 2 amide bonds. The predicted molar refractivity (Wildman–Crippen MR) is 95.5 cm³/mol. The van der Waals surface area contributed by atoms with Gasteiger partial charge in [-0.15, -0.1) is 12.4 Å². The van der Waals surface area contributed by atoms with E-state index in [9.17, 15) is 9.59 Å². The summed E-state index contributed by atoms with van der Waals surface area (Å²) in [4.78, 5) is 26.3. The number of halogens is 1. The van der Waals surface area contributed by atoms with Gasteiger partial charge in [-0.2, -0.15) is 0 Å². The molecule has 0 aromatic carbocycles. The van der Waals surface area contributed by atoms with Crippen molar-refractivity contribution in [3.63, 3.8) is 0 Å². The summed E-state index contributed by atoms with van der Waals surface area (Å²) in [6.45, 7) is 5.84. The zero-order valence-electron chi connectivity index (χ0n) is 14.6. The Labute approximate surface area is 149 Å². The van der Waals surface area contributed by atoms with Gasteiger partial charge in [-0.05, 0) is 38.9 Å². The summed E-state index contributed by atoms with van der Waals surface area (Å²) in [6, 6.07) is 3.84. The number of nitrogens with zero attached hydrogens (tertiary/aromatic N) is 1. The molecule has 0 bridgehead atoms. The number of hydrogen-bond acceptors (Lipinski definition) is 4. The van der Waals surface area contributed by atoms with E-state index in [1.54, 1.807) is 11.0 Å². The summed E-state index contributed by atoms with van der Waals surface area (Å²) in [5.74, 6) is 1.22. The second-order valence-electron chi connectivity index (χ2n) is 6.12. The summed E-state index contributed by atoms with van der Waals surface area (Å²) < 4.78 is 5.52. The maximum Gasteiger partial charge on any atom is 0.289 e. The summed E-state index contributed by atoms with van der Waals surface area (Å²) in [7, 11) is 1.87. The minimum absolute atomic E-state index is 0. The first kappa shape index (κ1) is 20.5. The topological polar surface area (TPSA) is 74.6 Å². The Bertz CT molecular complexity index is 539. The second-order valence-corrected chi connectivity index (χ2v) is 6.12. The van der Waals surface area contributed by atoms with Crippen molar-refractivity contribution in [3.8, 4) is 0 Å². The lowest BCUT2D eigenvalue weighted by Crippen LogP contribution is -2.45. The smallest absolute Gasteiger partial charge is 0.289 e. The second kappa shape index (κ2) is 9.69. The molecule has 1 aromatic rings.